The molecule has 0 fully saturated rings. The van der Waals surface area contributed by atoms with Gasteiger partial charge < -0.3 is 0 Å². The van der Waals surface area contributed by atoms with E-state index in [-0.39, 0.29) is 0 Å². The number of benzene rings is 3. The van der Waals surface area contributed by atoms with Gasteiger partial charge in [0, 0.05) is 11.3 Å². The maximum absolute atomic E-state index is 4.88. The number of hydrogen-bond acceptors (Lipinski definition) is 1. The predicted octanol–water partition coefficient (Wildman–Crippen LogP) is 2.95. The molecule has 0 saturated heterocycles. The van der Waals surface area contributed by atoms with Gasteiger partial charge in [0.05, 0.1) is 11.0 Å². The van der Waals surface area contributed by atoms with Crippen LogP contribution in [0.15, 0.2) is 78.9 Å². The van der Waals surface area contributed by atoms with Crippen LogP contribution in [0, 0.1) is 0 Å². The van der Waals surface area contributed by atoms with Crippen LogP contribution in [0.5, 0.6) is 0 Å². The Kier molecular flexibility index (Phi) is 3.04. The maximum atomic E-state index is 4.88. The highest BCUT2D eigenvalue weighted by Crippen LogP contribution is 2.27. The second kappa shape index (κ2) is 5.19. The maximum Gasteiger partial charge on any atom is 0.145 e. The summed E-state index contributed by atoms with van der Waals surface area (Å²) < 4.78 is 2.23. The number of nitrogens with zero attached hydrogens (tertiary/aromatic N) is 2. The molecule has 0 atom stereocenters. The Morgan fingerprint density at radius 1 is 0.727 bits per heavy atom. The fourth-order valence-electron chi connectivity index (χ4n) is 2.87. The zero-order valence-corrected chi connectivity index (χ0v) is 12.4. The van der Waals surface area contributed by atoms with Gasteiger partial charge >= 0.3 is 0 Å². The molecule has 3 heteroatoms. The largest absolute Gasteiger partial charge is 0.292 e. The number of imidazole rings is 1. The average molecular weight is 282 g/mol. The van der Waals surface area contributed by atoms with Crippen molar-refractivity contribution in [2.75, 3.05) is 0 Å². The van der Waals surface area contributed by atoms with E-state index in [1.165, 1.54) is 11.0 Å². The minimum atomic E-state index is 0.991. The second-order valence-electron chi connectivity index (χ2n) is 5.41. The van der Waals surface area contributed by atoms with Crippen LogP contribution in [0.2, 0.25) is 0 Å². The van der Waals surface area contributed by atoms with E-state index in [0.717, 1.165) is 22.5 Å². The van der Waals surface area contributed by atoms with E-state index in [4.69, 9.17) is 4.98 Å². The van der Waals surface area contributed by atoms with Crippen molar-refractivity contribution >= 4 is 24.3 Å². The fraction of sp³-hybridized carbons (Fsp3) is 0. The third-order valence-electron chi connectivity index (χ3n) is 3.96. The molecule has 4 aromatic rings. The van der Waals surface area contributed by atoms with Gasteiger partial charge in [-0.25, -0.2) is 4.98 Å². The number of hydrogen-bond donors (Lipinski definition) is 0. The summed E-state index contributed by atoms with van der Waals surface area (Å²) in [5.41, 5.74) is 5.68. The molecule has 3 aromatic carbocycles. The highest BCUT2D eigenvalue weighted by molar-refractivity contribution is 6.35. The van der Waals surface area contributed by atoms with E-state index < -0.39 is 0 Å². The molecule has 22 heavy (non-hydrogen) atoms. The van der Waals surface area contributed by atoms with Crippen LogP contribution in [0.4, 0.5) is 0 Å². The molecular formula is C19H15BN2. The Bertz CT molecular complexity index is 942. The monoisotopic (exact) mass is 282 g/mol. The zero-order chi connectivity index (χ0) is 14.9. The van der Waals surface area contributed by atoms with Crippen molar-refractivity contribution in [2.45, 2.75) is 0 Å². The molecule has 1 heterocycles. The second-order valence-corrected chi connectivity index (χ2v) is 5.41. The number of rotatable bonds is 2. The standard InChI is InChI=1S/C19H15BN2/c20-16-11-5-4-10-15(16)19-21-17-12-6-7-13-18(17)22(19)14-8-2-1-3-9-14/h1-13H,20H2. The molecule has 4 rings (SSSR count). The molecule has 0 radical (unpaired) electrons. The van der Waals surface area contributed by atoms with Gasteiger partial charge in [-0.2, -0.15) is 0 Å². The van der Waals surface area contributed by atoms with Gasteiger partial charge in [-0.1, -0.05) is 60.1 Å². The molecule has 0 aliphatic carbocycles. The van der Waals surface area contributed by atoms with Crippen molar-refractivity contribution < 1.29 is 0 Å². The first-order chi connectivity index (χ1) is 10.8. The van der Waals surface area contributed by atoms with E-state index in [9.17, 15) is 0 Å². The molecule has 0 bridgehead atoms. The van der Waals surface area contributed by atoms with Gasteiger partial charge in [0.1, 0.15) is 13.7 Å². The Labute approximate surface area is 130 Å². The van der Waals surface area contributed by atoms with E-state index >= 15 is 0 Å². The van der Waals surface area contributed by atoms with E-state index in [2.05, 4.69) is 79.1 Å². The predicted molar refractivity (Wildman–Crippen MR) is 94.7 cm³/mol. The van der Waals surface area contributed by atoms with Crippen molar-refractivity contribution in [3.63, 3.8) is 0 Å². The molecular weight excluding hydrogens is 267 g/mol. The molecule has 0 aliphatic heterocycles. The van der Waals surface area contributed by atoms with Crippen LogP contribution in [0.25, 0.3) is 28.1 Å². The first-order valence-electron chi connectivity index (χ1n) is 7.43. The van der Waals surface area contributed by atoms with E-state index in [1.807, 2.05) is 12.1 Å². The summed E-state index contributed by atoms with van der Waals surface area (Å²) in [5, 5.41) is 0. The van der Waals surface area contributed by atoms with Crippen molar-refractivity contribution in [1.29, 1.82) is 0 Å². The van der Waals surface area contributed by atoms with Crippen LogP contribution in [0.3, 0.4) is 0 Å². The Hall–Kier alpha value is -2.81. The number of para-hydroxylation sites is 3. The van der Waals surface area contributed by atoms with Gasteiger partial charge in [0.15, 0.2) is 0 Å². The first kappa shape index (κ1) is 12.9. The summed E-state index contributed by atoms with van der Waals surface area (Å²) in [6.45, 7) is 0. The smallest absolute Gasteiger partial charge is 0.145 e. The van der Waals surface area contributed by atoms with Crippen molar-refractivity contribution in [3.05, 3.63) is 78.9 Å². The summed E-state index contributed by atoms with van der Waals surface area (Å²) >= 11 is 0. The average Bonchev–Trinajstić information content (AvgIpc) is 2.95. The Balaban J connectivity index is 2.09. The van der Waals surface area contributed by atoms with Gasteiger partial charge in [0.2, 0.25) is 0 Å². The Morgan fingerprint density at radius 3 is 2.23 bits per heavy atom. The van der Waals surface area contributed by atoms with Crippen molar-refractivity contribution in [1.82, 2.24) is 9.55 Å². The summed E-state index contributed by atoms with van der Waals surface area (Å²) in [4.78, 5) is 4.88. The lowest BCUT2D eigenvalue weighted by molar-refractivity contribution is 1.10. The molecule has 0 aliphatic rings. The van der Waals surface area contributed by atoms with Gasteiger partial charge in [0.25, 0.3) is 0 Å². The van der Waals surface area contributed by atoms with Gasteiger partial charge in [-0.15, -0.1) is 0 Å². The summed E-state index contributed by atoms with van der Waals surface area (Å²) in [7, 11) is 2.13. The quantitative estimate of drug-likeness (QED) is 0.517. The molecule has 104 valence electrons. The first-order valence-corrected chi connectivity index (χ1v) is 7.43. The van der Waals surface area contributed by atoms with E-state index in [0.29, 0.717) is 0 Å². The van der Waals surface area contributed by atoms with Gasteiger partial charge in [-0.05, 0) is 24.3 Å². The summed E-state index contributed by atoms with van der Waals surface area (Å²) in [6.07, 6.45) is 0. The molecule has 0 amide bonds. The number of fused-ring (bicyclic) bond motifs is 1. The molecule has 0 N–H and O–H groups in total. The van der Waals surface area contributed by atoms with Crippen LogP contribution >= 0.6 is 0 Å². The summed E-state index contributed by atoms with van der Waals surface area (Å²) in [6, 6.07) is 27.1. The lowest BCUT2D eigenvalue weighted by Crippen LogP contribution is -2.09. The van der Waals surface area contributed by atoms with Crippen LogP contribution in [0.1, 0.15) is 0 Å². The topological polar surface area (TPSA) is 17.8 Å². The fourth-order valence-corrected chi connectivity index (χ4v) is 2.87. The Morgan fingerprint density at radius 2 is 1.41 bits per heavy atom. The van der Waals surface area contributed by atoms with Crippen molar-refractivity contribution in [2.24, 2.45) is 0 Å². The van der Waals surface area contributed by atoms with Crippen LogP contribution in [-0.2, 0) is 0 Å². The molecule has 1 aromatic heterocycles. The minimum Gasteiger partial charge on any atom is -0.292 e. The SMILES string of the molecule is Bc1ccccc1-c1nc2ccccc2n1-c1ccccc1. The number of aromatic nitrogens is 2. The molecule has 0 unspecified atom stereocenters. The summed E-state index contributed by atoms with van der Waals surface area (Å²) in [5.74, 6) is 0.991. The normalized spacial score (nSPS) is 10.9. The van der Waals surface area contributed by atoms with Crippen molar-refractivity contribution in [3.8, 4) is 17.1 Å². The van der Waals surface area contributed by atoms with Crippen LogP contribution < -0.4 is 5.46 Å². The molecule has 0 saturated carbocycles. The lowest BCUT2D eigenvalue weighted by Gasteiger charge is -2.11. The molecule has 0 spiro atoms. The highest BCUT2D eigenvalue weighted by atomic mass is 15.1. The van der Waals surface area contributed by atoms with Crippen LogP contribution in [-0.4, -0.2) is 17.4 Å². The molecule has 2 nitrogen and oxygen atoms in total. The van der Waals surface area contributed by atoms with E-state index in [1.54, 1.807) is 0 Å². The third kappa shape index (κ3) is 2.02. The highest BCUT2D eigenvalue weighted by Gasteiger charge is 2.14. The third-order valence-corrected chi connectivity index (χ3v) is 3.96. The minimum absolute atomic E-state index is 0.991. The lowest BCUT2D eigenvalue weighted by atomic mass is 9.90. The van der Waals surface area contributed by atoms with Gasteiger partial charge in [-0.3, -0.25) is 4.57 Å². The zero-order valence-electron chi connectivity index (χ0n) is 12.4.